The Bertz CT molecular complexity index is 3320. The number of aliphatic hydroxyl groups is 1. The molecule has 2 aliphatic rings. The molecule has 7 amide bonds. The van der Waals surface area contributed by atoms with Crippen molar-refractivity contribution in [2.75, 3.05) is 19.7 Å². The number of unbranched alkanes of at least 4 members (excludes halogenated alkanes) is 1. The molecule has 0 saturated carbocycles. The molecule has 0 aliphatic carbocycles. The van der Waals surface area contributed by atoms with Gasteiger partial charge in [-0.15, -0.1) is 11.3 Å². The molecular formula is C60H77ClN9O13PS. The van der Waals surface area contributed by atoms with Gasteiger partial charge in [-0.05, 0) is 117 Å². The molecule has 7 rings (SSSR count). The van der Waals surface area contributed by atoms with Crippen molar-refractivity contribution in [1.82, 2.24) is 41.0 Å². The fourth-order valence-corrected chi connectivity index (χ4v) is 12.3. The Kier molecular flexibility index (Phi) is 21.9. The predicted molar refractivity (Wildman–Crippen MR) is 321 cm³/mol. The Labute approximate surface area is 502 Å². The van der Waals surface area contributed by atoms with Gasteiger partial charge in [-0.2, -0.15) is 0 Å². The molecule has 458 valence electrons. The first-order valence-corrected chi connectivity index (χ1v) is 31.4. The topological polar surface area (TPSA) is 333 Å². The van der Waals surface area contributed by atoms with E-state index in [1.165, 1.54) is 34.1 Å². The minimum atomic E-state index is -5.06. The van der Waals surface area contributed by atoms with Crippen LogP contribution in [0.25, 0.3) is 21.3 Å². The van der Waals surface area contributed by atoms with Crippen molar-refractivity contribution >= 4 is 88.3 Å². The van der Waals surface area contributed by atoms with Crippen molar-refractivity contribution in [3.05, 3.63) is 105 Å². The van der Waals surface area contributed by atoms with E-state index in [0.29, 0.717) is 53.8 Å². The summed E-state index contributed by atoms with van der Waals surface area (Å²) in [6, 6.07) is 13.3. The lowest BCUT2D eigenvalue weighted by molar-refractivity contribution is -0.144. The highest BCUT2D eigenvalue weighted by atomic mass is 35.5. The molecule has 4 heterocycles. The largest absolute Gasteiger partial charge is 0.490 e. The summed E-state index contributed by atoms with van der Waals surface area (Å²) in [5.74, 6) is -3.21. The number of fused-ring (bicyclic) bond motifs is 1. The fourth-order valence-electron chi connectivity index (χ4n) is 10.7. The van der Waals surface area contributed by atoms with E-state index >= 15 is 0 Å². The first-order chi connectivity index (χ1) is 40.1. The molecule has 2 fully saturated rings. The predicted octanol–water partition coefficient (Wildman–Crippen LogP) is 6.62. The van der Waals surface area contributed by atoms with Gasteiger partial charge in [-0.3, -0.25) is 42.9 Å². The van der Waals surface area contributed by atoms with Gasteiger partial charge in [0.05, 0.1) is 39.3 Å². The van der Waals surface area contributed by atoms with Crippen LogP contribution < -0.4 is 31.7 Å². The fraction of sp³-hybridized carbons (Fsp3) is 0.483. The monoisotopic (exact) mass is 1230 g/mol. The van der Waals surface area contributed by atoms with Gasteiger partial charge >= 0.3 is 7.60 Å². The van der Waals surface area contributed by atoms with Crippen LogP contribution in [0.15, 0.2) is 72.2 Å². The molecule has 10 N–H and O–H groups in total. The number of β-amino-alcohol motifs (C(OH)–C–C–N with tert-alkyl or cyclic N) is 1. The van der Waals surface area contributed by atoms with Gasteiger partial charge in [-0.1, -0.05) is 82.6 Å². The smallest absolute Gasteiger partial charge is 0.396 e. The van der Waals surface area contributed by atoms with Gasteiger partial charge in [0, 0.05) is 48.8 Å². The molecule has 5 aromatic rings. The van der Waals surface area contributed by atoms with Gasteiger partial charge in [0.25, 0.3) is 11.4 Å². The number of H-pyrrole nitrogens is 1. The molecule has 0 bridgehead atoms. The normalized spacial score (nSPS) is 17.7. The number of likely N-dealkylation sites (tertiary alicyclic amines) is 2. The highest BCUT2D eigenvalue weighted by Crippen LogP contribution is 2.40. The number of carbonyl (C=O) groups excluding carboxylic acids is 8. The maximum Gasteiger partial charge on any atom is 0.396 e. The zero-order valence-electron chi connectivity index (χ0n) is 48.8. The molecule has 22 nitrogen and oxygen atoms in total. The molecular weight excluding hydrogens is 1150 g/mol. The molecule has 2 aromatic heterocycles. The van der Waals surface area contributed by atoms with Crippen molar-refractivity contribution in [2.45, 2.75) is 155 Å². The number of rotatable bonds is 26. The lowest BCUT2D eigenvalue weighted by Crippen LogP contribution is -2.57. The maximum atomic E-state index is 14.3. The highest BCUT2D eigenvalue weighted by Gasteiger charge is 2.45. The number of nitrogens with zero attached hydrogens (tertiary/aromatic N) is 3. The number of aromatic nitrogens is 2. The summed E-state index contributed by atoms with van der Waals surface area (Å²) in [5.41, 5.74) is 8.97. The Hall–Kier alpha value is -7.01. The number of hydrogen-bond acceptors (Lipinski definition) is 13. The zero-order valence-corrected chi connectivity index (χ0v) is 51.3. The lowest BCUT2D eigenvalue weighted by Gasteiger charge is -2.35. The summed E-state index contributed by atoms with van der Waals surface area (Å²) in [7, 11) is -5.06. The second kappa shape index (κ2) is 28.5. The standard InChI is InChI=1S/C60H77ClN9O13PS/c1-33(2)26-45(67-54(74)44-28-40-27-39(21-23-43(40)66-44)59(79)84(80,81)82)57(77)69-25-11-14-46(69)55(75)65-41(22-24-49(62)72)31-83-48-15-10-13-37(51(48)61)12-8-9-16-50(73)68-53(60(5,6)7)58(78)70-30-42(71)29-47(70)56(76)64-34(3)36-17-19-38(20-18-36)52-35(4)63-32-85-52/h10,13,15,17-21,23,27-28,32-34,41-42,45-47,53,66,71H,8-9,11-12,14,16,22,24-26,29-31H2,1-7H3,(H2,62,72)(H,64,76)(H,65,75)(H,67,74)(H,68,73)(H2,80,81,82)/t34-,41-,42+,45-,46-,47-,53+/m0/s1. The highest BCUT2D eigenvalue weighted by molar-refractivity contribution is 7.70. The van der Waals surface area contributed by atoms with Crippen LogP contribution in [0.4, 0.5) is 0 Å². The van der Waals surface area contributed by atoms with Gasteiger partial charge < -0.3 is 61.4 Å². The van der Waals surface area contributed by atoms with E-state index in [4.69, 9.17) is 22.1 Å². The number of halogens is 1. The van der Waals surface area contributed by atoms with E-state index < -0.39 is 96.3 Å². The number of aliphatic hydroxyl groups excluding tert-OH is 1. The lowest BCUT2D eigenvalue weighted by atomic mass is 9.85. The van der Waals surface area contributed by atoms with E-state index in [0.717, 1.165) is 27.3 Å². The molecule has 2 saturated heterocycles. The van der Waals surface area contributed by atoms with E-state index in [1.807, 2.05) is 78.8 Å². The number of ether oxygens (including phenoxy) is 1. The molecule has 0 radical (unpaired) electrons. The third-order valence-corrected chi connectivity index (χ3v) is 17.4. The quantitative estimate of drug-likeness (QED) is 0.0208. The second-order valence-electron chi connectivity index (χ2n) is 23.5. The number of carbonyl (C=O) groups is 8. The van der Waals surface area contributed by atoms with Gasteiger partial charge in [0.1, 0.15) is 42.2 Å². The molecule has 3 aromatic carbocycles. The number of hydrogen-bond donors (Lipinski definition) is 9. The number of thiazole rings is 1. The van der Waals surface area contributed by atoms with Crippen molar-refractivity contribution in [3.8, 4) is 16.2 Å². The Morgan fingerprint density at radius 2 is 1.61 bits per heavy atom. The number of amides is 7. The SMILES string of the molecule is Cc1ncsc1-c1ccc([C@H](C)NC(=O)[C@@H]2C[C@@H](O)CN2C(=O)[C@@H](NC(=O)CCCCc2cccc(OC[C@H](CCC(N)=O)NC(=O)[C@@H]3CCCN3C(=O)[C@H](CC(C)C)NC(=O)c3cc4cc(C(=O)P(=O)(O)O)ccc4[nH]3)c2Cl)C(C)(C)C)cc1. The zero-order chi connectivity index (χ0) is 62.1. The third kappa shape index (κ3) is 17.1. The van der Waals surface area contributed by atoms with Crippen LogP contribution in [-0.2, 0) is 39.8 Å². The average molecular weight is 1230 g/mol. The van der Waals surface area contributed by atoms with Gasteiger partial charge in [-0.25, -0.2) is 4.98 Å². The van der Waals surface area contributed by atoms with Crippen LogP contribution in [0.5, 0.6) is 5.75 Å². The number of aryl methyl sites for hydroxylation is 2. The molecule has 0 unspecified atom stereocenters. The van der Waals surface area contributed by atoms with Crippen LogP contribution in [0.2, 0.25) is 5.02 Å². The Balaban J connectivity index is 0.912. The van der Waals surface area contributed by atoms with Crippen molar-refractivity contribution < 1.29 is 62.6 Å². The van der Waals surface area contributed by atoms with Crippen molar-refractivity contribution in [1.29, 1.82) is 0 Å². The summed E-state index contributed by atoms with van der Waals surface area (Å²) in [6.07, 6.45) is 1.69. The summed E-state index contributed by atoms with van der Waals surface area (Å²) in [6.45, 7) is 13.1. The summed E-state index contributed by atoms with van der Waals surface area (Å²) in [4.78, 5) is 138. The van der Waals surface area contributed by atoms with Gasteiger partial charge in [0.2, 0.25) is 35.4 Å². The number of benzene rings is 3. The molecule has 0 spiro atoms. The van der Waals surface area contributed by atoms with Crippen molar-refractivity contribution in [3.63, 3.8) is 0 Å². The van der Waals surface area contributed by atoms with E-state index in [1.54, 1.807) is 29.0 Å². The van der Waals surface area contributed by atoms with E-state index in [-0.39, 0.29) is 74.9 Å². The first-order valence-electron chi connectivity index (χ1n) is 28.5. The average Bonchev–Trinajstić information content (AvgIpc) is 4.51. The number of nitrogens with two attached hydrogens (primary N) is 1. The van der Waals surface area contributed by atoms with Crippen LogP contribution in [0, 0.1) is 18.3 Å². The Morgan fingerprint density at radius 3 is 2.27 bits per heavy atom. The molecule has 25 heteroatoms. The number of nitrogens with one attached hydrogen (secondary N) is 5. The van der Waals surface area contributed by atoms with E-state index in [9.17, 15) is 57.8 Å². The summed E-state index contributed by atoms with van der Waals surface area (Å²) < 4.78 is 17.8. The van der Waals surface area contributed by atoms with Crippen molar-refractivity contribution in [2.24, 2.45) is 17.1 Å². The number of aromatic amines is 1. The van der Waals surface area contributed by atoms with E-state index in [2.05, 4.69) is 31.2 Å². The van der Waals surface area contributed by atoms with Crippen LogP contribution in [0.3, 0.4) is 0 Å². The Morgan fingerprint density at radius 1 is 0.894 bits per heavy atom. The summed E-state index contributed by atoms with van der Waals surface area (Å²) >= 11 is 8.45. The number of primary amides is 1. The van der Waals surface area contributed by atoms with Gasteiger partial charge in [0.15, 0.2) is 0 Å². The van der Waals surface area contributed by atoms with Crippen LogP contribution in [-0.4, -0.2) is 138 Å². The maximum absolute atomic E-state index is 14.3. The molecule has 85 heavy (non-hydrogen) atoms. The minimum absolute atomic E-state index is 0.0319. The summed E-state index contributed by atoms with van der Waals surface area (Å²) in [5, 5.41) is 23.1. The first kappa shape index (κ1) is 65.5. The third-order valence-electron chi connectivity index (χ3n) is 15.3. The minimum Gasteiger partial charge on any atom is -0.490 e. The van der Waals surface area contributed by atoms with Crippen LogP contribution in [0.1, 0.15) is 143 Å². The molecule has 2 aliphatic heterocycles. The second-order valence-corrected chi connectivity index (χ2v) is 26.2. The molecule has 7 atom stereocenters. The van der Waals surface area contributed by atoms with Crippen LogP contribution >= 0.6 is 30.5 Å².